The molecule has 1 aromatic carbocycles. The minimum absolute atomic E-state index is 0.143. The zero-order chi connectivity index (χ0) is 15.6. The number of ether oxygens (including phenoxy) is 1. The number of phenolic OH excluding ortho intramolecular Hbond substituents is 1. The number of esters is 1. The van der Waals surface area contributed by atoms with E-state index in [1.807, 2.05) is 39.8 Å². The van der Waals surface area contributed by atoms with Gasteiger partial charge in [-0.3, -0.25) is 4.99 Å². The van der Waals surface area contributed by atoms with Crippen molar-refractivity contribution in [3.8, 4) is 5.75 Å². The second-order valence-corrected chi connectivity index (χ2v) is 7.65. The highest BCUT2D eigenvalue weighted by Gasteiger charge is 2.43. The van der Waals surface area contributed by atoms with Crippen LogP contribution in [0.25, 0.3) is 0 Å². The summed E-state index contributed by atoms with van der Waals surface area (Å²) in [4.78, 5) is 16.7. The fourth-order valence-corrected chi connectivity index (χ4v) is 3.48. The number of aromatic hydroxyl groups is 1. The molecule has 0 aliphatic carbocycles. The highest BCUT2D eigenvalue weighted by molar-refractivity contribution is 8.15. The highest BCUT2D eigenvalue weighted by Crippen LogP contribution is 2.39. The summed E-state index contributed by atoms with van der Waals surface area (Å²) in [6.07, 6.45) is 0.391. The predicted octanol–water partition coefficient (Wildman–Crippen LogP) is 3.18. The van der Waals surface area contributed by atoms with Gasteiger partial charge in [0, 0.05) is 16.7 Å². The molecule has 114 valence electrons. The van der Waals surface area contributed by atoms with Crippen LogP contribution in [0.3, 0.4) is 0 Å². The van der Waals surface area contributed by atoms with Crippen LogP contribution < -0.4 is 0 Å². The van der Waals surface area contributed by atoms with Crippen LogP contribution in [-0.4, -0.2) is 33.0 Å². The van der Waals surface area contributed by atoms with Crippen molar-refractivity contribution in [2.45, 2.75) is 51.0 Å². The average molecular weight is 307 g/mol. The molecule has 0 radical (unpaired) electrons. The number of benzene rings is 1. The van der Waals surface area contributed by atoms with Gasteiger partial charge in [0.15, 0.2) is 6.04 Å². The first-order valence-electron chi connectivity index (χ1n) is 7.02. The molecule has 0 aromatic heterocycles. The van der Waals surface area contributed by atoms with E-state index in [0.29, 0.717) is 6.42 Å². The maximum atomic E-state index is 12.1. The highest BCUT2D eigenvalue weighted by atomic mass is 32.2. The Hall–Kier alpha value is -1.49. The Balaban J connectivity index is 2.15. The zero-order valence-corrected chi connectivity index (χ0v) is 13.6. The SMILES string of the molecule is CC(C)OC(=O)[C@H]1N=C(Cc2ccccc2O)SC1(C)C. The molecule has 0 amide bonds. The molecule has 0 spiro atoms. The van der Waals surface area contributed by atoms with Gasteiger partial charge in [-0.15, -0.1) is 11.8 Å². The largest absolute Gasteiger partial charge is 0.508 e. The van der Waals surface area contributed by atoms with Crippen molar-refractivity contribution >= 4 is 22.8 Å². The van der Waals surface area contributed by atoms with Crippen molar-refractivity contribution in [2.24, 2.45) is 4.99 Å². The molecule has 1 N–H and O–H groups in total. The van der Waals surface area contributed by atoms with Crippen molar-refractivity contribution in [1.29, 1.82) is 0 Å². The third kappa shape index (κ3) is 3.79. The average Bonchev–Trinajstić information content (AvgIpc) is 2.66. The maximum Gasteiger partial charge on any atom is 0.332 e. The molecule has 2 rings (SSSR count). The number of phenols is 1. The van der Waals surface area contributed by atoms with Gasteiger partial charge in [0.1, 0.15) is 5.75 Å². The lowest BCUT2D eigenvalue weighted by molar-refractivity contribution is -0.149. The number of para-hydroxylation sites is 1. The molecule has 0 unspecified atom stereocenters. The molecule has 0 saturated carbocycles. The molecule has 0 fully saturated rings. The van der Waals surface area contributed by atoms with Gasteiger partial charge >= 0.3 is 5.97 Å². The maximum absolute atomic E-state index is 12.1. The molecule has 21 heavy (non-hydrogen) atoms. The number of carbonyl (C=O) groups is 1. The third-order valence-electron chi connectivity index (χ3n) is 3.22. The number of nitrogens with zero attached hydrogens (tertiary/aromatic N) is 1. The summed E-state index contributed by atoms with van der Waals surface area (Å²) in [5.41, 5.74) is 0.817. The molecule has 5 heteroatoms. The number of aliphatic imine (C=N–C) groups is 1. The minimum Gasteiger partial charge on any atom is -0.508 e. The van der Waals surface area contributed by atoms with Gasteiger partial charge in [-0.2, -0.15) is 0 Å². The Labute approximate surface area is 129 Å². The van der Waals surface area contributed by atoms with Crippen molar-refractivity contribution in [3.63, 3.8) is 0 Å². The van der Waals surface area contributed by atoms with Gasteiger partial charge < -0.3 is 9.84 Å². The number of hydrogen-bond acceptors (Lipinski definition) is 5. The van der Waals surface area contributed by atoms with Crippen molar-refractivity contribution in [1.82, 2.24) is 0 Å². The molecule has 0 bridgehead atoms. The summed E-state index contributed by atoms with van der Waals surface area (Å²) in [6.45, 7) is 7.65. The summed E-state index contributed by atoms with van der Waals surface area (Å²) >= 11 is 1.57. The first-order valence-corrected chi connectivity index (χ1v) is 7.84. The minimum atomic E-state index is -0.495. The van der Waals surface area contributed by atoms with E-state index in [2.05, 4.69) is 4.99 Å². The zero-order valence-electron chi connectivity index (χ0n) is 12.8. The summed E-state index contributed by atoms with van der Waals surface area (Å²) in [5.74, 6) is -0.0263. The van der Waals surface area contributed by atoms with Crippen LogP contribution in [0, 0.1) is 0 Å². The fourth-order valence-electron chi connectivity index (χ4n) is 2.22. The monoisotopic (exact) mass is 307 g/mol. The number of hydrogen-bond donors (Lipinski definition) is 1. The quantitative estimate of drug-likeness (QED) is 0.868. The van der Waals surface area contributed by atoms with Crippen LogP contribution in [-0.2, 0) is 16.0 Å². The van der Waals surface area contributed by atoms with E-state index in [9.17, 15) is 9.90 Å². The molecule has 1 aliphatic heterocycles. The Morgan fingerprint density at radius 3 is 2.71 bits per heavy atom. The van der Waals surface area contributed by atoms with Crippen LogP contribution in [0.5, 0.6) is 5.75 Å². The van der Waals surface area contributed by atoms with E-state index in [-0.39, 0.29) is 22.6 Å². The van der Waals surface area contributed by atoms with Crippen molar-refractivity contribution < 1.29 is 14.6 Å². The van der Waals surface area contributed by atoms with Crippen LogP contribution in [0.1, 0.15) is 33.3 Å². The molecule has 1 aromatic rings. The summed E-state index contributed by atoms with van der Waals surface area (Å²) in [7, 11) is 0. The fraction of sp³-hybridized carbons (Fsp3) is 0.500. The first kappa shape index (κ1) is 15.9. The molecular weight excluding hydrogens is 286 g/mol. The van der Waals surface area contributed by atoms with E-state index in [0.717, 1.165) is 10.6 Å². The van der Waals surface area contributed by atoms with Gasteiger partial charge in [-0.05, 0) is 33.8 Å². The van der Waals surface area contributed by atoms with Crippen molar-refractivity contribution in [2.75, 3.05) is 0 Å². The van der Waals surface area contributed by atoms with Gasteiger partial charge in [0.25, 0.3) is 0 Å². The standard InChI is InChI=1S/C16H21NO3S/c1-10(2)20-15(19)14-16(3,4)21-13(17-14)9-11-7-5-6-8-12(11)18/h5-8,10,14,18H,9H2,1-4H3/t14-/m1/s1. The lowest BCUT2D eigenvalue weighted by Gasteiger charge is -2.23. The van der Waals surface area contributed by atoms with Crippen LogP contribution in [0.4, 0.5) is 0 Å². The molecular formula is C16H21NO3S. The van der Waals surface area contributed by atoms with Gasteiger partial charge in [-0.1, -0.05) is 18.2 Å². The van der Waals surface area contributed by atoms with Crippen LogP contribution in [0.2, 0.25) is 0 Å². The third-order valence-corrected chi connectivity index (χ3v) is 4.46. The lowest BCUT2D eigenvalue weighted by atomic mass is 10.0. The van der Waals surface area contributed by atoms with Crippen LogP contribution >= 0.6 is 11.8 Å². The van der Waals surface area contributed by atoms with E-state index < -0.39 is 6.04 Å². The summed E-state index contributed by atoms with van der Waals surface area (Å²) < 4.78 is 4.96. The lowest BCUT2D eigenvalue weighted by Crippen LogP contribution is -2.37. The second kappa shape index (κ2) is 6.10. The molecule has 4 nitrogen and oxygen atoms in total. The molecule has 1 heterocycles. The first-order chi connectivity index (χ1) is 9.79. The Morgan fingerprint density at radius 2 is 2.10 bits per heavy atom. The van der Waals surface area contributed by atoms with E-state index >= 15 is 0 Å². The number of carbonyl (C=O) groups excluding carboxylic acids is 1. The number of thioether (sulfide) groups is 1. The Morgan fingerprint density at radius 1 is 1.43 bits per heavy atom. The molecule has 0 saturated heterocycles. The van der Waals surface area contributed by atoms with Crippen LogP contribution in [0.15, 0.2) is 29.3 Å². The van der Waals surface area contributed by atoms with Gasteiger partial charge in [-0.25, -0.2) is 4.79 Å². The van der Waals surface area contributed by atoms with E-state index in [1.54, 1.807) is 23.9 Å². The Bertz CT molecular complexity index is 566. The molecule has 1 aliphatic rings. The smallest absolute Gasteiger partial charge is 0.332 e. The Kier molecular flexibility index (Phi) is 4.61. The molecule has 1 atom stereocenters. The topological polar surface area (TPSA) is 58.9 Å². The number of rotatable bonds is 4. The van der Waals surface area contributed by atoms with Gasteiger partial charge in [0.05, 0.1) is 11.1 Å². The van der Waals surface area contributed by atoms with E-state index in [4.69, 9.17) is 4.74 Å². The summed E-state index contributed by atoms with van der Waals surface area (Å²) in [5, 5.41) is 10.7. The second-order valence-electron chi connectivity index (χ2n) is 5.92. The predicted molar refractivity (Wildman–Crippen MR) is 85.9 cm³/mol. The summed E-state index contributed by atoms with van der Waals surface area (Å²) in [6, 6.07) is 6.70. The van der Waals surface area contributed by atoms with Crippen molar-refractivity contribution in [3.05, 3.63) is 29.8 Å². The normalized spacial score (nSPS) is 20.4. The van der Waals surface area contributed by atoms with E-state index in [1.165, 1.54) is 0 Å². The van der Waals surface area contributed by atoms with Gasteiger partial charge in [0.2, 0.25) is 0 Å².